The Kier molecular flexibility index (Phi) is 6.74. The number of halogens is 1. The summed E-state index contributed by atoms with van der Waals surface area (Å²) in [6.45, 7) is 1.52. The van der Waals surface area contributed by atoms with Crippen molar-refractivity contribution in [3.63, 3.8) is 0 Å². The van der Waals surface area contributed by atoms with Gasteiger partial charge in [0.05, 0.1) is 33.4 Å². The van der Waals surface area contributed by atoms with Gasteiger partial charge < -0.3 is 9.26 Å². The molecule has 2 aromatic rings. The molecule has 4 rings (SSSR count). The van der Waals surface area contributed by atoms with Gasteiger partial charge in [0.2, 0.25) is 5.82 Å². The first kappa shape index (κ1) is 21.5. The zero-order valence-corrected chi connectivity index (χ0v) is 16.5. The monoisotopic (exact) mass is 424 g/mol. The molecule has 1 N–H and O–H groups in total. The number of phosphoric ester groups is 1. The van der Waals surface area contributed by atoms with Crippen LogP contribution < -0.4 is 15.8 Å². The van der Waals surface area contributed by atoms with Gasteiger partial charge in [0.25, 0.3) is 5.56 Å². The molecule has 0 bridgehead atoms. The summed E-state index contributed by atoms with van der Waals surface area (Å²) in [5.74, 6) is -0.641. The Morgan fingerprint density at radius 2 is 2.07 bits per heavy atom. The first-order valence-corrected chi connectivity index (χ1v) is 10.3. The standard InChI is InChI=1S/C16H16FN2O7P.CH3B/c17-12-7-19(16(21)18-15(12)20)14-6-5-11(25-14)9-24-27(22)23-8-10-3-1-2-4-13(10)26-27;1-2/h1-4,7,11,14H,5-6,8-9H2,(H,18,20,21);1H3. The Morgan fingerprint density at radius 3 is 2.86 bits per heavy atom. The highest BCUT2D eigenvalue weighted by Gasteiger charge is 2.36. The van der Waals surface area contributed by atoms with Crippen LogP contribution in [0.25, 0.3) is 0 Å². The van der Waals surface area contributed by atoms with Crippen molar-refractivity contribution in [2.45, 2.75) is 38.6 Å². The molecule has 3 heterocycles. The molecule has 2 aliphatic heterocycles. The van der Waals surface area contributed by atoms with Gasteiger partial charge >= 0.3 is 13.5 Å². The molecule has 0 amide bonds. The molecule has 1 saturated heterocycles. The summed E-state index contributed by atoms with van der Waals surface area (Å²) < 4.78 is 48.5. The number of phosphoric acid groups is 1. The highest BCUT2D eigenvalue weighted by molar-refractivity contribution is 7.49. The lowest BCUT2D eigenvalue weighted by Crippen LogP contribution is -2.34. The van der Waals surface area contributed by atoms with Crippen LogP contribution in [0.4, 0.5) is 4.39 Å². The van der Waals surface area contributed by atoms with Crippen LogP contribution in [0, 0.1) is 5.82 Å². The van der Waals surface area contributed by atoms with Crippen LogP contribution in [0.15, 0.2) is 40.1 Å². The van der Waals surface area contributed by atoms with Crippen LogP contribution in [0.3, 0.4) is 0 Å². The third kappa shape index (κ3) is 4.87. The zero-order valence-electron chi connectivity index (χ0n) is 15.6. The van der Waals surface area contributed by atoms with Crippen molar-refractivity contribution in [1.29, 1.82) is 0 Å². The molecule has 29 heavy (non-hydrogen) atoms. The molecule has 9 nitrogen and oxygen atoms in total. The Morgan fingerprint density at radius 1 is 1.31 bits per heavy atom. The number of hydrogen-bond acceptors (Lipinski definition) is 7. The fourth-order valence-electron chi connectivity index (χ4n) is 2.93. The molecule has 12 heteroatoms. The minimum Gasteiger partial charge on any atom is -0.404 e. The molecule has 2 radical (unpaired) electrons. The van der Waals surface area contributed by atoms with Gasteiger partial charge in [-0.25, -0.2) is 9.36 Å². The van der Waals surface area contributed by atoms with E-state index in [9.17, 15) is 18.5 Å². The lowest BCUT2D eigenvalue weighted by Gasteiger charge is -2.25. The molecule has 3 atom stereocenters. The predicted octanol–water partition coefficient (Wildman–Crippen LogP) is 2.29. The number of H-pyrrole nitrogens is 1. The number of ether oxygens (including phenoxy) is 1. The Hall–Kier alpha value is -2.20. The van der Waals surface area contributed by atoms with E-state index in [0.717, 1.165) is 16.3 Å². The molecule has 1 aromatic heterocycles. The fourth-order valence-corrected chi connectivity index (χ4v) is 4.18. The SMILES string of the molecule is O=c1[nH]c(=O)n(C2CCC(COP3(=O)OCc4ccccc4O3)O2)cc1F.[B]C. The van der Waals surface area contributed by atoms with E-state index >= 15 is 0 Å². The van der Waals surface area contributed by atoms with Gasteiger partial charge in [0.1, 0.15) is 12.0 Å². The van der Waals surface area contributed by atoms with Crippen LogP contribution in [0.2, 0.25) is 6.82 Å². The number of rotatable bonds is 4. The third-order valence-electron chi connectivity index (χ3n) is 4.30. The highest BCUT2D eigenvalue weighted by Crippen LogP contribution is 2.54. The molecule has 2 aliphatic rings. The van der Waals surface area contributed by atoms with Crippen molar-refractivity contribution < 1.29 is 27.3 Å². The van der Waals surface area contributed by atoms with Crippen LogP contribution >= 0.6 is 7.82 Å². The summed E-state index contributed by atoms with van der Waals surface area (Å²) in [7, 11) is 0.730. The first-order valence-electron chi connectivity index (χ1n) is 8.84. The second-order valence-electron chi connectivity index (χ2n) is 6.15. The van der Waals surface area contributed by atoms with Crippen molar-refractivity contribution in [2.24, 2.45) is 0 Å². The topological polar surface area (TPSA) is 109 Å². The summed E-state index contributed by atoms with van der Waals surface area (Å²) >= 11 is 0. The average molecular weight is 424 g/mol. The fraction of sp³-hybridized carbons (Fsp3) is 0.412. The smallest absolute Gasteiger partial charge is 0.404 e. The normalized spacial score (nSPS) is 25.4. The summed E-state index contributed by atoms with van der Waals surface area (Å²) in [5, 5.41) is 0. The number of nitrogens with zero attached hydrogens (tertiary/aromatic N) is 1. The van der Waals surface area contributed by atoms with E-state index in [4.69, 9.17) is 18.3 Å². The van der Waals surface area contributed by atoms with E-state index in [-0.39, 0.29) is 13.2 Å². The van der Waals surface area contributed by atoms with Crippen molar-refractivity contribution in [3.05, 3.63) is 62.7 Å². The average Bonchev–Trinajstić information content (AvgIpc) is 3.19. The Labute approximate surface area is 166 Å². The Balaban J connectivity index is 0.00000117. The van der Waals surface area contributed by atoms with Crippen LogP contribution in [-0.4, -0.2) is 30.1 Å². The Bertz CT molecular complexity index is 1030. The van der Waals surface area contributed by atoms with Crippen molar-refractivity contribution in [3.8, 4) is 5.75 Å². The van der Waals surface area contributed by atoms with Gasteiger partial charge in [-0.05, 0) is 18.9 Å². The largest absolute Gasteiger partial charge is 0.530 e. The van der Waals surface area contributed by atoms with E-state index in [1.54, 1.807) is 18.2 Å². The molecule has 154 valence electrons. The van der Waals surface area contributed by atoms with Crippen LogP contribution in [-0.2, 0) is 25.0 Å². The first-order chi connectivity index (χ1) is 13.9. The molecule has 0 saturated carbocycles. The maximum absolute atomic E-state index is 13.4. The number of aromatic nitrogens is 2. The third-order valence-corrected chi connectivity index (χ3v) is 5.63. The van der Waals surface area contributed by atoms with E-state index in [1.165, 1.54) is 6.82 Å². The van der Waals surface area contributed by atoms with Crippen molar-refractivity contribution in [2.75, 3.05) is 6.61 Å². The predicted molar refractivity (Wildman–Crippen MR) is 101 cm³/mol. The van der Waals surface area contributed by atoms with Gasteiger partial charge in [0, 0.05) is 5.56 Å². The number of fused-ring (bicyclic) bond motifs is 1. The number of hydrogen-bond donors (Lipinski definition) is 1. The number of nitrogens with one attached hydrogen (secondary N) is 1. The molecular formula is C17H19BFN2O7P. The minimum atomic E-state index is -3.77. The second kappa shape index (κ2) is 9.08. The number of aromatic amines is 1. The summed E-state index contributed by atoms with van der Waals surface area (Å²) in [5.41, 5.74) is -1.08. The molecular weight excluding hydrogens is 405 g/mol. The van der Waals surface area contributed by atoms with Gasteiger partial charge in [-0.3, -0.25) is 23.4 Å². The van der Waals surface area contributed by atoms with Gasteiger partial charge in [-0.1, -0.05) is 25.0 Å². The summed E-state index contributed by atoms with van der Waals surface area (Å²) in [6, 6.07) is 7.04. The molecule has 1 fully saturated rings. The highest BCUT2D eigenvalue weighted by atomic mass is 31.2. The lowest BCUT2D eigenvalue weighted by atomic mass is 10.2. The van der Waals surface area contributed by atoms with Crippen LogP contribution in [0.1, 0.15) is 24.6 Å². The van der Waals surface area contributed by atoms with Crippen molar-refractivity contribution >= 4 is 15.7 Å². The second-order valence-corrected chi connectivity index (χ2v) is 7.74. The van der Waals surface area contributed by atoms with Gasteiger partial charge in [-0.2, -0.15) is 4.39 Å². The maximum atomic E-state index is 13.4. The van der Waals surface area contributed by atoms with Crippen LogP contribution in [0.5, 0.6) is 5.75 Å². The van der Waals surface area contributed by atoms with Crippen molar-refractivity contribution in [1.82, 2.24) is 9.55 Å². The van der Waals surface area contributed by atoms with E-state index in [0.29, 0.717) is 18.6 Å². The quantitative estimate of drug-likeness (QED) is 0.593. The summed E-state index contributed by atoms with van der Waals surface area (Å²) in [6.07, 6.45) is 0.434. The summed E-state index contributed by atoms with van der Waals surface area (Å²) in [4.78, 5) is 24.8. The molecule has 3 unspecified atom stereocenters. The zero-order chi connectivity index (χ0) is 21.0. The van der Waals surface area contributed by atoms with E-state index in [1.807, 2.05) is 11.1 Å². The molecule has 0 spiro atoms. The number of benzene rings is 1. The van der Waals surface area contributed by atoms with Gasteiger partial charge in [-0.15, -0.1) is 0 Å². The lowest BCUT2D eigenvalue weighted by molar-refractivity contribution is -0.0268. The molecule has 1 aromatic carbocycles. The van der Waals surface area contributed by atoms with E-state index in [2.05, 4.69) is 7.85 Å². The molecule has 0 aliphatic carbocycles. The van der Waals surface area contributed by atoms with E-state index < -0.39 is 37.2 Å². The number of para-hydroxylation sites is 1. The minimum absolute atomic E-state index is 0.0868. The van der Waals surface area contributed by atoms with Gasteiger partial charge in [0.15, 0.2) is 0 Å². The maximum Gasteiger partial charge on any atom is 0.530 e.